The van der Waals surface area contributed by atoms with Crippen LogP contribution in [0.25, 0.3) is 0 Å². The van der Waals surface area contributed by atoms with Crippen LogP contribution in [0.2, 0.25) is 0 Å². The van der Waals surface area contributed by atoms with E-state index in [0.717, 1.165) is 17.9 Å². The smallest absolute Gasteiger partial charge is 0.326 e. The standard InChI is InChI=1S/C15H27N3O2/c1-7-16-15(6,14(19)20-8-2)10-13(5)18-12(4)9-11(3)17-18/h9,13,16H,7-8,10H2,1-6H3. The monoisotopic (exact) mass is 281 g/mol. The molecule has 1 N–H and O–H groups in total. The number of aromatic nitrogens is 2. The summed E-state index contributed by atoms with van der Waals surface area (Å²) < 4.78 is 7.18. The quantitative estimate of drug-likeness (QED) is 0.780. The molecule has 1 rings (SSSR count). The van der Waals surface area contributed by atoms with Crippen LogP contribution in [-0.2, 0) is 9.53 Å². The van der Waals surface area contributed by atoms with Crippen LogP contribution in [0, 0.1) is 13.8 Å². The first-order valence-corrected chi connectivity index (χ1v) is 7.29. The summed E-state index contributed by atoms with van der Waals surface area (Å²) in [6.07, 6.45) is 0.641. The molecule has 2 unspecified atom stereocenters. The SMILES string of the molecule is CCNC(C)(CC(C)n1nc(C)cc1C)C(=O)OCC. The van der Waals surface area contributed by atoms with E-state index in [1.165, 1.54) is 0 Å². The van der Waals surface area contributed by atoms with Gasteiger partial charge in [0.05, 0.1) is 18.3 Å². The molecule has 0 aliphatic heterocycles. The van der Waals surface area contributed by atoms with Crippen molar-refractivity contribution in [1.29, 1.82) is 0 Å². The lowest BCUT2D eigenvalue weighted by atomic mass is 9.93. The maximum Gasteiger partial charge on any atom is 0.326 e. The normalized spacial score (nSPS) is 15.7. The van der Waals surface area contributed by atoms with E-state index in [1.807, 2.05) is 45.4 Å². The van der Waals surface area contributed by atoms with E-state index in [9.17, 15) is 4.79 Å². The predicted molar refractivity (Wildman–Crippen MR) is 79.7 cm³/mol. The van der Waals surface area contributed by atoms with E-state index in [-0.39, 0.29) is 12.0 Å². The summed E-state index contributed by atoms with van der Waals surface area (Å²) >= 11 is 0. The molecule has 0 saturated heterocycles. The number of likely N-dealkylation sites (N-methyl/N-ethyl adjacent to an activating group) is 1. The number of esters is 1. The highest BCUT2D eigenvalue weighted by Gasteiger charge is 2.36. The minimum absolute atomic E-state index is 0.122. The van der Waals surface area contributed by atoms with Crippen LogP contribution in [0.15, 0.2) is 6.07 Å². The molecule has 0 aliphatic carbocycles. The highest BCUT2D eigenvalue weighted by molar-refractivity contribution is 5.80. The molecule has 0 bridgehead atoms. The first kappa shape index (κ1) is 16.7. The first-order chi connectivity index (χ1) is 9.34. The number of hydrogen-bond donors (Lipinski definition) is 1. The summed E-state index contributed by atoms with van der Waals surface area (Å²) in [5, 5.41) is 7.75. The summed E-state index contributed by atoms with van der Waals surface area (Å²) in [5.41, 5.74) is 1.42. The van der Waals surface area contributed by atoms with Crippen molar-refractivity contribution in [2.45, 2.75) is 59.5 Å². The molecule has 5 heteroatoms. The summed E-state index contributed by atoms with van der Waals surface area (Å²) in [7, 11) is 0. The molecule has 1 aromatic heterocycles. The van der Waals surface area contributed by atoms with Gasteiger partial charge in [-0.2, -0.15) is 5.10 Å². The lowest BCUT2D eigenvalue weighted by molar-refractivity contribution is -0.151. The molecule has 20 heavy (non-hydrogen) atoms. The Balaban J connectivity index is 2.89. The fraction of sp³-hybridized carbons (Fsp3) is 0.733. The van der Waals surface area contributed by atoms with Crippen LogP contribution >= 0.6 is 0 Å². The van der Waals surface area contributed by atoms with Crippen molar-refractivity contribution < 1.29 is 9.53 Å². The lowest BCUT2D eigenvalue weighted by Gasteiger charge is -2.31. The Kier molecular flexibility index (Phi) is 5.74. The topological polar surface area (TPSA) is 56.2 Å². The Hall–Kier alpha value is -1.36. The van der Waals surface area contributed by atoms with E-state index in [4.69, 9.17) is 4.74 Å². The van der Waals surface area contributed by atoms with Gasteiger partial charge in [-0.1, -0.05) is 6.92 Å². The third-order valence-corrected chi connectivity index (χ3v) is 3.46. The zero-order chi connectivity index (χ0) is 15.3. The van der Waals surface area contributed by atoms with Gasteiger partial charge in [-0.25, -0.2) is 0 Å². The van der Waals surface area contributed by atoms with Crippen LogP contribution in [-0.4, -0.2) is 34.4 Å². The number of nitrogens with one attached hydrogen (secondary N) is 1. The zero-order valence-electron chi connectivity index (χ0n) is 13.5. The van der Waals surface area contributed by atoms with Gasteiger partial charge >= 0.3 is 5.97 Å². The molecule has 0 spiro atoms. The third kappa shape index (κ3) is 3.82. The molecule has 0 saturated carbocycles. The Morgan fingerprint density at radius 3 is 2.60 bits per heavy atom. The van der Waals surface area contributed by atoms with Gasteiger partial charge in [-0.15, -0.1) is 0 Å². The fourth-order valence-corrected chi connectivity index (χ4v) is 2.68. The Labute approximate surface area is 121 Å². The lowest BCUT2D eigenvalue weighted by Crippen LogP contribution is -2.51. The minimum Gasteiger partial charge on any atom is -0.465 e. The molecule has 114 valence electrons. The molecule has 0 aliphatic rings. The van der Waals surface area contributed by atoms with Gasteiger partial charge in [0.15, 0.2) is 0 Å². The van der Waals surface area contributed by atoms with Crippen molar-refractivity contribution in [3.8, 4) is 0 Å². The van der Waals surface area contributed by atoms with E-state index >= 15 is 0 Å². The first-order valence-electron chi connectivity index (χ1n) is 7.29. The molecule has 0 amide bonds. The van der Waals surface area contributed by atoms with E-state index in [0.29, 0.717) is 13.0 Å². The summed E-state index contributed by atoms with van der Waals surface area (Å²) in [4.78, 5) is 12.2. The molecular weight excluding hydrogens is 254 g/mol. The number of aryl methyl sites for hydroxylation is 2. The summed E-state index contributed by atoms with van der Waals surface area (Å²) in [6, 6.07) is 2.17. The zero-order valence-corrected chi connectivity index (χ0v) is 13.5. The van der Waals surface area contributed by atoms with Crippen molar-refractivity contribution >= 4 is 5.97 Å². The molecule has 1 aromatic rings. The maximum atomic E-state index is 12.2. The largest absolute Gasteiger partial charge is 0.465 e. The number of carbonyl (C=O) groups excluding carboxylic acids is 1. The van der Waals surface area contributed by atoms with Crippen molar-refractivity contribution in [1.82, 2.24) is 15.1 Å². The molecule has 1 heterocycles. The van der Waals surface area contributed by atoms with Gasteiger partial charge in [0.2, 0.25) is 0 Å². The van der Waals surface area contributed by atoms with Crippen molar-refractivity contribution in [3.63, 3.8) is 0 Å². The van der Waals surface area contributed by atoms with Crippen molar-refractivity contribution in [2.75, 3.05) is 13.2 Å². The highest BCUT2D eigenvalue weighted by atomic mass is 16.5. The van der Waals surface area contributed by atoms with E-state index < -0.39 is 5.54 Å². The Morgan fingerprint density at radius 2 is 2.15 bits per heavy atom. The van der Waals surface area contributed by atoms with Crippen LogP contribution in [0.5, 0.6) is 0 Å². The highest BCUT2D eigenvalue weighted by Crippen LogP contribution is 2.23. The second kappa shape index (κ2) is 6.88. The van der Waals surface area contributed by atoms with Gasteiger partial charge in [0.25, 0.3) is 0 Å². The average molecular weight is 281 g/mol. The van der Waals surface area contributed by atoms with Gasteiger partial charge in [-0.3, -0.25) is 9.48 Å². The second-order valence-corrected chi connectivity index (χ2v) is 5.51. The summed E-state index contributed by atoms with van der Waals surface area (Å²) in [6.45, 7) is 12.9. The van der Waals surface area contributed by atoms with Gasteiger partial charge in [0, 0.05) is 5.69 Å². The number of nitrogens with zero attached hydrogens (tertiary/aromatic N) is 2. The van der Waals surface area contributed by atoms with E-state index in [1.54, 1.807) is 0 Å². The third-order valence-electron chi connectivity index (χ3n) is 3.46. The average Bonchev–Trinajstić information content (AvgIpc) is 2.69. The predicted octanol–water partition coefficient (Wildman–Crippen LogP) is 2.38. The Bertz CT molecular complexity index is 456. The number of rotatable bonds is 7. The summed E-state index contributed by atoms with van der Waals surface area (Å²) in [5.74, 6) is -0.199. The van der Waals surface area contributed by atoms with Crippen LogP contribution in [0.4, 0.5) is 0 Å². The van der Waals surface area contributed by atoms with Gasteiger partial charge in [0.1, 0.15) is 5.54 Å². The van der Waals surface area contributed by atoms with Crippen LogP contribution in [0.3, 0.4) is 0 Å². The van der Waals surface area contributed by atoms with Gasteiger partial charge in [-0.05, 0) is 53.7 Å². The molecule has 5 nitrogen and oxygen atoms in total. The van der Waals surface area contributed by atoms with E-state index in [2.05, 4.69) is 17.3 Å². The minimum atomic E-state index is -0.684. The van der Waals surface area contributed by atoms with Crippen LogP contribution in [0.1, 0.15) is 51.5 Å². The fourth-order valence-electron chi connectivity index (χ4n) is 2.68. The van der Waals surface area contributed by atoms with Crippen molar-refractivity contribution in [3.05, 3.63) is 17.5 Å². The Morgan fingerprint density at radius 1 is 1.50 bits per heavy atom. The molecule has 2 atom stereocenters. The molecule has 0 fully saturated rings. The van der Waals surface area contributed by atoms with Crippen molar-refractivity contribution in [2.24, 2.45) is 0 Å². The molecule has 0 radical (unpaired) electrons. The van der Waals surface area contributed by atoms with Crippen LogP contribution < -0.4 is 5.32 Å². The van der Waals surface area contributed by atoms with Gasteiger partial charge < -0.3 is 10.1 Å². The molecular formula is C15H27N3O2. The maximum absolute atomic E-state index is 12.2. The second-order valence-electron chi connectivity index (χ2n) is 5.51. The number of carbonyl (C=O) groups is 1. The number of hydrogen-bond acceptors (Lipinski definition) is 4. The number of ether oxygens (including phenoxy) is 1. The molecule has 0 aromatic carbocycles.